The molecule has 0 aliphatic heterocycles. The fraction of sp³-hybridized carbons (Fsp3) is 0.346. The molecule has 2 aromatic carbocycles. The molecule has 2 aliphatic rings. The minimum absolute atomic E-state index is 0.0918. The lowest BCUT2D eigenvalue weighted by atomic mass is 9.98. The second-order valence-electron chi connectivity index (χ2n) is 8.51. The van der Waals surface area contributed by atoms with E-state index in [1.165, 1.54) is 0 Å². The van der Waals surface area contributed by atoms with Crippen molar-refractivity contribution >= 4 is 18.0 Å². The summed E-state index contributed by atoms with van der Waals surface area (Å²) in [7, 11) is 0. The molecule has 7 nitrogen and oxygen atoms in total. The number of alkyl carbamates (subject to hydrolysis) is 1. The van der Waals surface area contributed by atoms with Gasteiger partial charge in [-0.25, -0.2) is 9.59 Å². The third-order valence-corrected chi connectivity index (χ3v) is 6.15. The van der Waals surface area contributed by atoms with E-state index in [-0.39, 0.29) is 18.9 Å². The van der Waals surface area contributed by atoms with E-state index in [4.69, 9.17) is 11.2 Å². The van der Waals surface area contributed by atoms with Gasteiger partial charge in [0.25, 0.3) is 0 Å². The Balaban J connectivity index is 1.40. The Hall–Kier alpha value is -3.79. The summed E-state index contributed by atoms with van der Waals surface area (Å²) in [4.78, 5) is 36.7. The van der Waals surface area contributed by atoms with Crippen LogP contribution in [0.15, 0.2) is 48.5 Å². The minimum Gasteiger partial charge on any atom is -0.480 e. The van der Waals surface area contributed by atoms with E-state index in [1.54, 1.807) is 0 Å². The highest BCUT2D eigenvalue weighted by Gasteiger charge is 2.33. The van der Waals surface area contributed by atoms with Crippen LogP contribution in [0.2, 0.25) is 0 Å². The van der Waals surface area contributed by atoms with E-state index < -0.39 is 30.1 Å². The smallest absolute Gasteiger partial charge is 0.407 e. The average Bonchev–Trinajstić information content (AvgIpc) is 3.57. The highest BCUT2D eigenvalue weighted by molar-refractivity contribution is 5.89. The first-order valence-electron chi connectivity index (χ1n) is 11.1. The van der Waals surface area contributed by atoms with Gasteiger partial charge in [-0.1, -0.05) is 61.4 Å². The Morgan fingerprint density at radius 1 is 1.00 bits per heavy atom. The number of hydrogen-bond acceptors (Lipinski definition) is 4. The first-order chi connectivity index (χ1) is 16.0. The SMILES string of the molecule is C#CCC(NC(=O)C(CC1CC1)NC(=O)OCC1c2ccccc2-c2ccccc21)C(=O)O. The van der Waals surface area contributed by atoms with Crippen molar-refractivity contribution in [2.75, 3.05) is 6.61 Å². The van der Waals surface area contributed by atoms with Crippen molar-refractivity contribution in [3.8, 4) is 23.5 Å². The molecule has 2 aromatic rings. The van der Waals surface area contributed by atoms with Crippen LogP contribution in [0.5, 0.6) is 0 Å². The standard InChI is InChI=1S/C26H26N2O5/c1-2-7-22(25(30)31)27-24(29)23(14-16-12-13-16)28-26(32)33-15-21-19-10-5-3-8-17(19)18-9-4-6-11-20(18)21/h1,3-6,8-11,16,21-23H,7,12-15H2,(H,27,29)(H,28,32)(H,30,31). The van der Waals surface area contributed by atoms with Crippen LogP contribution in [0.1, 0.15) is 42.7 Å². The highest BCUT2D eigenvalue weighted by Crippen LogP contribution is 2.44. The van der Waals surface area contributed by atoms with Crippen LogP contribution in [0, 0.1) is 18.3 Å². The number of benzene rings is 2. The first kappa shape index (κ1) is 22.4. The van der Waals surface area contributed by atoms with Gasteiger partial charge in [0.1, 0.15) is 18.7 Å². The van der Waals surface area contributed by atoms with Crippen molar-refractivity contribution in [1.29, 1.82) is 0 Å². The van der Waals surface area contributed by atoms with Crippen LogP contribution in [0.25, 0.3) is 11.1 Å². The maximum Gasteiger partial charge on any atom is 0.407 e. The Morgan fingerprint density at radius 2 is 1.61 bits per heavy atom. The van der Waals surface area contributed by atoms with Crippen molar-refractivity contribution in [2.45, 2.75) is 43.7 Å². The molecule has 2 unspecified atom stereocenters. The lowest BCUT2D eigenvalue weighted by Crippen LogP contribution is -2.51. The Kier molecular flexibility index (Phi) is 6.64. The predicted octanol–water partition coefficient (Wildman–Crippen LogP) is 3.29. The largest absolute Gasteiger partial charge is 0.480 e. The third-order valence-electron chi connectivity index (χ3n) is 6.15. The molecule has 0 saturated heterocycles. The molecule has 33 heavy (non-hydrogen) atoms. The van der Waals surface area contributed by atoms with Crippen molar-refractivity contribution in [1.82, 2.24) is 10.6 Å². The molecule has 2 atom stereocenters. The Morgan fingerprint density at radius 3 is 2.15 bits per heavy atom. The maximum absolute atomic E-state index is 12.7. The van der Waals surface area contributed by atoms with E-state index >= 15 is 0 Å². The number of carbonyl (C=O) groups is 3. The van der Waals surface area contributed by atoms with Crippen LogP contribution in [0.4, 0.5) is 4.79 Å². The van der Waals surface area contributed by atoms with Gasteiger partial charge in [0.05, 0.1) is 0 Å². The molecule has 1 fully saturated rings. The van der Waals surface area contributed by atoms with Gasteiger partial charge in [-0.3, -0.25) is 4.79 Å². The van der Waals surface area contributed by atoms with Gasteiger partial charge in [-0.15, -0.1) is 12.3 Å². The lowest BCUT2D eigenvalue weighted by Gasteiger charge is -2.21. The number of hydrogen-bond donors (Lipinski definition) is 3. The summed E-state index contributed by atoms with van der Waals surface area (Å²) in [5, 5.41) is 14.3. The zero-order chi connectivity index (χ0) is 23.4. The van der Waals surface area contributed by atoms with Gasteiger partial charge in [0.15, 0.2) is 0 Å². The van der Waals surface area contributed by atoms with Crippen molar-refractivity contribution < 1.29 is 24.2 Å². The molecule has 0 spiro atoms. The van der Waals surface area contributed by atoms with Crippen LogP contribution in [-0.4, -0.2) is 41.8 Å². The molecule has 2 amide bonds. The summed E-state index contributed by atoms with van der Waals surface area (Å²) in [6.45, 7) is 0.131. The number of carbonyl (C=O) groups excluding carboxylic acids is 2. The Bertz CT molecular complexity index is 1060. The monoisotopic (exact) mass is 446 g/mol. The molecule has 3 N–H and O–H groups in total. The van der Waals surface area contributed by atoms with E-state index in [2.05, 4.69) is 28.7 Å². The van der Waals surface area contributed by atoms with Gasteiger partial charge in [-0.05, 0) is 34.6 Å². The number of amides is 2. The summed E-state index contributed by atoms with van der Waals surface area (Å²) in [5.41, 5.74) is 4.44. The molecule has 0 bridgehead atoms. The summed E-state index contributed by atoms with van der Waals surface area (Å²) < 4.78 is 5.54. The highest BCUT2D eigenvalue weighted by atomic mass is 16.5. The van der Waals surface area contributed by atoms with Crippen molar-refractivity contribution in [3.63, 3.8) is 0 Å². The number of terminal acetylenes is 1. The summed E-state index contributed by atoms with van der Waals surface area (Å²) in [5.74, 6) is 0.694. The molecule has 0 radical (unpaired) electrons. The van der Waals surface area contributed by atoms with E-state index in [9.17, 15) is 19.5 Å². The number of carboxylic acid groups (broad SMARTS) is 1. The number of carboxylic acids is 1. The van der Waals surface area contributed by atoms with Gasteiger partial charge in [-0.2, -0.15) is 0 Å². The summed E-state index contributed by atoms with van der Waals surface area (Å²) >= 11 is 0. The van der Waals surface area contributed by atoms with Gasteiger partial charge < -0.3 is 20.5 Å². The number of rotatable bonds is 9. The number of ether oxygens (including phenoxy) is 1. The van der Waals surface area contributed by atoms with Gasteiger partial charge >= 0.3 is 12.1 Å². The topological polar surface area (TPSA) is 105 Å². The van der Waals surface area contributed by atoms with Gasteiger partial charge in [0, 0.05) is 12.3 Å². The van der Waals surface area contributed by atoms with Crippen molar-refractivity contribution in [2.24, 2.45) is 5.92 Å². The van der Waals surface area contributed by atoms with Crippen molar-refractivity contribution in [3.05, 3.63) is 59.7 Å². The molecular weight excluding hydrogens is 420 g/mol. The predicted molar refractivity (Wildman–Crippen MR) is 122 cm³/mol. The zero-order valence-corrected chi connectivity index (χ0v) is 18.1. The summed E-state index contributed by atoms with van der Waals surface area (Å²) in [6, 6.07) is 14.0. The average molecular weight is 447 g/mol. The van der Waals surface area contributed by atoms with Crippen LogP contribution in [0.3, 0.4) is 0 Å². The molecule has 0 heterocycles. The Labute approximate surface area is 192 Å². The summed E-state index contributed by atoms with van der Waals surface area (Å²) in [6.07, 6.45) is 6.74. The number of fused-ring (bicyclic) bond motifs is 3. The molecule has 1 saturated carbocycles. The normalized spacial score (nSPS) is 16.0. The second kappa shape index (κ2) is 9.78. The molecule has 2 aliphatic carbocycles. The van der Waals surface area contributed by atoms with E-state index in [1.807, 2.05) is 36.4 Å². The first-order valence-corrected chi connectivity index (χ1v) is 11.1. The van der Waals surface area contributed by atoms with Crippen LogP contribution in [-0.2, 0) is 14.3 Å². The second-order valence-corrected chi connectivity index (χ2v) is 8.51. The molecule has 7 heteroatoms. The maximum atomic E-state index is 12.7. The molecule has 4 rings (SSSR count). The van der Waals surface area contributed by atoms with Gasteiger partial charge in [0.2, 0.25) is 5.91 Å². The molecule has 0 aromatic heterocycles. The van der Waals surface area contributed by atoms with E-state index in [0.29, 0.717) is 12.3 Å². The van der Waals surface area contributed by atoms with Crippen LogP contribution < -0.4 is 10.6 Å². The number of aliphatic carboxylic acids is 1. The van der Waals surface area contributed by atoms with E-state index in [0.717, 1.165) is 35.1 Å². The van der Waals surface area contributed by atoms with Crippen LogP contribution >= 0.6 is 0 Å². The third kappa shape index (κ3) is 5.17. The fourth-order valence-electron chi connectivity index (χ4n) is 4.29. The zero-order valence-electron chi connectivity index (χ0n) is 18.1. The molecular formula is C26H26N2O5. The molecule has 170 valence electrons. The fourth-order valence-corrected chi connectivity index (χ4v) is 4.29. The number of nitrogens with one attached hydrogen (secondary N) is 2. The quantitative estimate of drug-likeness (QED) is 0.513. The minimum atomic E-state index is -1.22. The lowest BCUT2D eigenvalue weighted by molar-refractivity contribution is -0.142.